The highest BCUT2D eigenvalue weighted by molar-refractivity contribution is 7.13. The van der Waals surface area contributed by atoms with Crippen molar-refractivity contribution in [1.29, 1.82) is 5.41 Å². The molecule has 0 unspecified atom stereocenters. The second kappa shape index (κ2) is 10.7. The lowest BCUT2D eigenvalue weighted by Gasteiger charge is -2.01. The number of hydrogen-bond acceptors (Lipinski definition) is 6. The minimum absolute atomic E-state index is 0.123. The van der Waals surface area contributed by atoms with Crippen LogP contribution >= 0.6 is 11.3 Å². The molecule has 0 radical (unpaired) electrons. The molecule has 3 N–H and O–H groups in total. The van der Waals surface area contributed by atoms with Crippen molar-refractivity contribution in [3.8, 4) is 10.6 Å². The molecule has 3 aromatic rings. The molecule has 3 aromatic heterocycles. The maximum absolute atomic E-state index is 11.0. The number of thiazole rings is 1. The quantitative estimate of drug-likeness (QED) is 0.236. The molecule has 150 valence electrons. The molecule has 3 heterocycles. The molecule has 0 aliphatic heterocycles. The molecule has 0 aromatic carbocycles. The van der Waals surface area contributed by atoms with Gasteiger partial charge in [-0.25, -0.2) is 9.78 Å². The van der Waals surface area contributed by atoms with Crippen molar-refractivity contribution >= 4 is 29.8 Å². The lowest BCUT2D eigenvalue weighted by atomic mass is 10.2. The number of allylic oxidation sites excluding steroid dienone is 2. The molecular weight excluding hydrogens is 390 g/mol. The number of nitrogens with one attached hydrogen (secondary N) is 2. The molecule has 3 rings (SSSR count). The highest BCUT2D eigenvalue weighted by Crippen LogP contribution is 2.23. The molecule has 29 heavy (non-hydrogen) atoms. The zero-order valence-corrected chi connectivity index (χ0v) is 16.8. The number of carbonyl (C=O) groups is 2. The Morgan fingerprint density at radius 1 is 1.45 bits per heavy atom. The highest BCUT2D eigenvalue weighted by atomic mass is 32.1. The number of aromatic amines is 1. The summed E-state index contributed by atoms with van der Waals surface area (Å²) in [6.45, 7) is 4.30. The Morgan fingerprint density at radius 3 is 2.83 bits per heavy atom. The Hall–Kier alpha value is -3.59. The van der Waals surface area contributed by atoms with Gasteiger partial charge in [0.05, 0.1) is 29.7 Å². The van der Waals surface area contributed by atoms with Crippen LogP contribution in [0.5, 0.6) is 0 Å². The third-order valence-corrected chi connectivity index (χ3v) is 4.61. The summed E-state index contributed by atoms with van der Waals surface area (Å²) in [5.74, 6) is -1.01. The van der Waals surface area contributed by atoms with E-state index in [9.17, 15) is 9.59 Å². The van der Waals surface area contributed by atoms with E-state index in [2.05, 4.69) is 15.2 Å². The summed E-state index contributed by atoms with van der Waals surface area (Å²) in [5, 5.41) is 24.6. The van der Waals surface area contributed by atoms with Crippen molar-refractivity contribution in [2.75, 3.05) is 0 Å². The summed E-state index contributed by atoms with van der Waals surface area (Å²) in [6.07, 6.45) is 11.6. The first kappa shape index (κ1) is 21.7. The van der Waals surface area contributed by atoms with Crippen LogP contribution in [0.1, 0.15) is 28.7 Å². The lowest BCUT2D eigenvalue weighted by molar-refractivity contribution is -0.132. The average molecular weight is 411 g/mol. The number of rotatable bonds is 7. The van der Waals surface area contributed by atoms with Gasteiger partial charge in [0, 0.05) is 29.6 Å². The van der Waals surface area contributed by atoms with Gasteiger partial charge in [-0.15, -0.1) is 11.3 Å². The van der Waals surface area contributed by atoms with E-state index in [4.69, 9.17) is 10.5 Å². The summed E-state index contributed by atoms with van der Waals surface area (Å²) in [4.78, 5) is 25.8. The summed E-state index contributed by atoms with van der Waals surface area (Å²) in [5.41, 5.74) is 3.80. The maximum atomic E-state index is 11.0. The number of aliphatic carboxylic acids is 1. The number of carboxylic acids is 1. The Labute approximate surface area is 171 Å². The number of aldehydes is 1. The van der Waals surface area contributed by atoms with E-state index in [0.717, 1.165) is 34.3 Å². The lowest BCUT2D eigenvalue weighted by Crippen LogP contribution is -2.02. The van der Waals surface area contributed by atoms with Crippen LogP contribution in [-0.2, 0) is 11.3 Å². The molecular formula is C20H21N5O3S. The van der Waals surface area contributed by atoms with Crippen molar-refractivity contribution in [3.05, 3.63) is 70.8 Å². The number of aromatic nitrogens is 4. The van der Waals surface area contributed by atoms with Crippen molar-refractivity contribution in [1.82, 2.24) is 19.7 Å². The van der Waals surface area contributed by atoms with Crippen molar-refractivity contribution < 1.29 is 14.7 Å². The summed E-state index contributed by atoms with van der Waals surface area (Å²) in [7, 11) is 0. The summed E-state index contributed by atoms with van der Waals surface area (Å²) in [6, 6.07) is 1.87. The van der Waals surface area contributed by atoms with Crippen LogP contribution in [0.2, 0.25) is 0 Å². The van der Waals surface area contributed by atoms with Crippen molar-refractivity contribution in [3.63, 3.8) is 0 Å². The van der Waals surface area contributed by atoms with Gasteiger partial charge in [-0.05, 0) is 31.6 Å². The molecule has 0 saturated heterocycles. The monoisotopic (exact) mass is 411 g/mol. The molecule has 0 fully saturated rings. The molecule has 0 amide bonds. The second-order valence-corrected chi connectivity index (χ2v) is 6.77. The minimum atomic E-state index is -1.01. The van der Waals surface area contributed by atoms with Crippen LogP contribution in [0.4, 0.5) is 0 Å². The first-order chi connectivity index (χ1) is 14.0. The Morgan fingerprint density at radius 2 is 2.24 bits per heavy atom. The number of hydrogen-bond donors (Lipinski definition) is 3. The molecule has 0 aliphatic rings. The normalized spacial score (nSPS) is 11.2. The molecule has 0 spiro atoms. The van der Waals surface area contributed by atoms with Gasteiger partial charge in [0.25, 0.3) is 0 Å². The van der Waals surface area contributed by atoms with Crippen LogP contribution in [0.25, 0.3) is 10.6 Å². The number of carbonyl (C=O) groups excluding carboxylic acids is 1. The number of nitrogens with zero attached hydrogens (tertiary/aromatic N) is 3. The van der Waals surface area contributed by atoms with Gasteiger partial charge in [0.1, 0.15) is 5.01 Å². The maximum Gasteiger partial charge on any atom is 0.335 e. The van der Waals surface area contributed by atoms with E-state index in [0.29, 0.717) is 12.2 Å². The molecule has 8 nitrogen and oxygen atoms in total. The van der Waals surface area contributed by atoms with Gasteiger partial charge >= 0.3 is 5.97 Å². The number of H-pyrrole nitrogens is 1. The van der Waals surface area contributed by atoms with Crippen LogP contribution in [-0.4, -0.2) is 43.3 Å². The predicted molar refractivity (Wildman–Crippen MR) is 113 cm³/mol. The third kappa shape index (κ3) is 6.22. The fourth-order valence-corrected chi connectivity index (χ4v) is 3.23. The van der Waals surface area contributed by atoms with Gasteiger partial charge in [0.2, 0.25) is 0 Å². The first-order valence-electron chi connectivity index (χ1n) is 8.60. The zero-order valence-electron chi connectivity index (χ0n) is 16.0. The van der Waals surface area contributed by atoms with E-state index in [-0.39, 0.29) is 5.57 Å². The van der Waals surface area contributed by atoms with E-state index >= 15 is 0 Å². The largest absolute Gasteiger partial charge is 0.478 e. The van der Waals surface area contributed by atoms with Gasteiger partial charge in [0.15, 0.2) is 6.29 Å². The van der Waals surface area contributed by atoms with Crippen LogP contribution in [0.3, 0.4) is 0 Å². The molecule has 0 bridgehead atoms. The molecule has 0 aliphatic carbocycles. The summed E-state index contributed by atoms with van der Waals surface area (Å²) < 4.78 is 1.91. The van der Waals surface area contributed by atoms with E-state index < -0.39 is 5.97 Å². The predicted octanol–water partition coefficient (Wildman–Crippen LogP) is 3.73. The number of carboxylic acid groups (broad SMARTS) is 1. The van der Waals surface area contributed by atoms with Crippen LogP contribution in [0, 0.1) is 12.3 Å². The highest BCUT2D eigenvalue weighted by Gasteiger charge is 2.08. The molecule has 0 atom stereocenters. The van der Waals surface area contributed by atoms with Crippen molar-refractivity contribution in [2.24, 2.45) is 0 Å². The van der Waals surface area contributed by atoms with Crippen molar-refractivity contribution in [2.45, 2.75) is 20.4 Å². The molecule has 9 heteroatoms. The van der Waals surface area contributed by atoms with E-state index in [1.165, 1.54) is 12.2 Å². The average Bonchev–Trinajstić information content (AvgIpc) is 3.43. The fraction of sp³-hybridized carbons (Fsp3) is 0.150. The third-order valence-electron chi connectivity index (χ3n) is 3.67. The number of aryl methyl sites for hydroxylation is 1. The Kier molecular flexibility index (Phi) is 7.99. The smallest absolute Gasteiger partial charge is 0.335 e. The molecule has 0 saturated carbocycles. The topological polar surface area (TPSA) is 125 Å². The first-order valence-corrected chi connectivity index (χ1v) is 9.48. The summed E-state index contributed by atoms with van der Waals surface area (Å²) >= 11 is 1.57. The van der Waals surface area contributed by atoms with Gasteiger partial charge in [-0.1, -0.05) is 12.2 Å². The van der Waals surface area contributed by atoms with Crippen LogP contribution < -0.4 is 0 Å². The zero-order chi connectivity index (χ0) is 21.2. The van der Waals surface area contributed by atoms with Gasteiger partial charge < -0.3 is 15.1 Å². The van der Waals surface area contributed by atoms with E-state index in [1.807, 2.05) is 35.3 Å². The minimum Gasteiger partial charge on any atom is -0.478 e. The SMILES string of the molecule is C/C=C\C(=C/C=N)C(=O)O.Cc1cc(C=O)n(Cc2csc(-c3cn[nH]c3)n2)c1. The fourth-order valence-electron chi connectivity index (χ4n) is 2.43. The standard InChI is InChI=1S/C13H12N4OS.C7H9NO2/c1-9-2-12(7-18)17(5-9)6-11-8-19-13(16-11)10-3-14-15-4-10;1-2-3-6(4-5-8)7(9)10/h2-5,7-8H,6H2,1H3,(H,14,15);2-5,8H,1H3,(H,9,10)/b;3-2-,6-4+,8-5?. The van der Waals surface area contributed by atoms with Crippen LogP contribution in [0.15, 0.2) is 53.8 Å². The Bertz CT molecular complexity index is 1030. The Balaban J connectivity index is 0.000000257. The second-order valence-electron chi connectivity index (χ2n) is 5.91. The van der Waals surface area contributed by atoms with E-state index in [1.54, 1.807) is 30.5 Å². The van der Waals surface area contributed by atoms with Gasteiger partial charge in [-0.2, -0.15) is 5.10 Å². The van der Waals surface area contributed by atoms with Gasteiger partial charge in [-0.3, -0.25) is 9.89 Å².